The quantitative estimate of drug-likeness (QED) is 0.571. The smallest absolute Gasteiger partial charge is 0.256 e. The van der Waals surface area contributed by atoms with E-state index in [-0.39, 0.29) is 5.91 Å². The van der Waals surface area contributed by atoms with Crippen LogP contribution in [0, 0.1) is 0 Å². The molecule has 0 fully saturated rings. The van der Waals surface area contributed by atoms with E-state index in [0.29, 0.717) is 47.3 Å². The van der Waals surface area contributed by atoms with Crippen LogP contribution in [0.1, 0.15) is 36.7 Å². The first kappa shape index (κ1) is 23.1. The fourth-order valence-corrected chi connectivity index (χ4v) is 3.12. The molecule has 0 aliphatic heterocycles. The lowest BCUT2D eigenvalue weighted by molar-refractivity contribution is 0.0773. The third-order valence-corrected chi connectivity index (χ3v) is 4.87. The molecule has 1 amide bonds. The second-order valence-corrected chi connectivity index (χ2v) is 6.47. The normalized spacial score (nSPS) is 11.1. The van der Waals surface area contributed by atoms with E-state index in [4.69, 9.17) is 23.9 Å². The molecule has 0 heterocycles. The van der Waals surface area contributed by atoms with Crippen LogP contribution < -0.4 is 18.9 Å². The van der Waals surface area contributed by atoms with Crippen molar-refractivity contribution in [2.45, 2.75) is 20.8 Å². The lowest BCUT2D eigenvalue weighted by Gasteiger charge is -2.21. The summed E-state index contributed by atoms with van der Waals surface area (Å²) in [5.74, 6) is 2.12. The third kappa shape index (κ3) is 4.84. The minimum atomic E-state index is -0.111. The zero-order chi connectivity index (χ0) is 22.3. The van der Waals surface area contributed by atoms with Crippen LogP contribution in [0.25, 0.3) is 0 Å². The SMILES string of the molecule is CCN(CC)C(=O)c1cc(OC)c(OC)cc1N=C(C)c1ccc(OC)c(OC)c1. The molecular formula is C23H30N2O5. The largest absolute Gasteiger partial charge is 0.493 e. The van der Waals surface area contributed by atoms with Gasteiger partial charge in [0, 0.05) is 24.9 Å². The third-order valence-electron chi connectivity index (χ3n) is 4.87. The Morgan fingerprint density at radius 2 is 1.37 bits per heavy atom. The fraction of sp³-hybridized carbons (Fsp3) is 0.391. The number of hydrogen-bond donors (Lipinski definition) is 0. The molecule has 2 rings (SSSR count). The first-order valence-electron chi connectivity index (χ1n) is 9.76. The molecular weight excluding hydrogens is 384 g/mol. The van der Waals surface area contributed by atoms with Gasteiger partial charge in [-0.05, 0) is 50.6 Å². The van der Waals surface area contributed by atoms with Gasteiger partial charge in [0.05, 0.1) is 39.7 Å². The maximum absolute atomic E-state index is 13.1. The van der Waals surface area contributed by atoms with E-state index in [0.717, 1.165) is 11.3 Å². The predicted molar refractivity (Wildman–Crippen MR) is 118 cm³/mol. The average molecular weight is 415 g/mol. The fourth-order valence-electron chi connectivity index (χ4n) is 3.12. The molecule has 0 saturated heterocycles. The molecule has 7 nitrogen and oxygen atoms in total. The van der Waals surface area contributed by atoms with Crippen LogP contribution in [0.15, 0.2) is 35.3 Å². The van der Waals surface area contributed by atoms with Crippen LogP contribution in [-0.2, 0) is 0 Å². The number of hydrogen-bond acceptors (Lipinski definition) is 6. The number of ether oxygens (including phenoxy) is 4. The van der Waals surface area contributed by atoms with Crippen LogP contribution >= 0.6 is 0 Å². The van der Waals surface area contributed by atoms with Gasteiger partial charge >= 0.3 is 0 Å². The highest BCUT2D eigenvalue weighted by molar-refractivity contribution is 6.05. The van der Waals surface area contributed by atoms with E-state index in [1.807, 2.05) is 39.0 Å². The molecule has 0 atom stereocenters. The van der Waals surface area contributed by atoms with E-state index in [9.17, 15) is 4.79 Å². The monoisotopic (exact) mass is 414 g/mol. The highest BCUT2D eigenvalue weighted by atomic mass is 16.5. The molecule has 2 aromatic carbocycles. The zero-order valence-electron chi connectivity index (χ0n) is 18.7. The van der Waals surface area contributed by atoms with Gasteiger partial charge in [0.25, 0.3) is 5.91 Å². The van der Waals surface area contributed by atoms with Crippen molar-refractivity contribution in [2.75, 3.05) is 41.5 Å². The minimum absolute atomic E-state index is 0.111. The van der Waals surface area contributed by atoms with Crippen LogP contribution in [0.5, 0.6) is 23.0 Å². The van der Waals surface area contributed by atoms with Gasteiger partial charge in [0.1, 0.15) is 0 Å². The van der Waals surface area contributed by atoms with Crippen LogP contribution in [0.3, 0.4) is 0 Å². The summed E-state index contributed by atoms with van der Waals surface area (Å²) in [5, 5.41) is 0. The topological polar surface area (TPSA) is 69.6 Å². The standard InChI is InChI=1S/C23H30N2O5/c1-8-25(9-2)23(26)17-13-21(29-6)22(30-7)14-18(17)24-15(3)16-10-11-19(27-4)20(12-16)28-5/h10-14H,8-9H2,1-7H3. The van der Waals surface area contributed by atoms with Crippen molar-refractivity contribution in [1.29, 1.82) is 0 Å². The predicted octanol–water partition coefficient (Wildman–Crippen LogP) is 4.34. The van der Waals surface area contributed by atoms with E-state index in [1.54, 1.807) is 45.5 Å². The Kier molecular flexibility index (Phi) is 8.09. The van der Waals surface area contributed by atoms with Crippen LogP contribution in [0.2, 0.25) is 0 Å². The number of benzene rings is 2. The van der Waals surface area contributed by atoms with Gasteiger partial charge < -0.3 is 23.8 Å². The Morgan fingerprint density at radius 3 is 1.90 bits per heavy atom. The Morgan fingerprint density at radius 1 is 0.833 bits per heavy atom. The molecule has 0 N–H and O–H groups in total. The summed E-state index contributed by atoms with van der Waals surface area (Å²) in [4.78, 5) is 19.6. The van der Waals surface area contributed by atoms with Gasteiger partial charge in [-0.3, -0.25) is 9.79 Å². The molecule has 0 spiro atoms. The zero-order valence-corrected chi connectivity index (χ0v) is 18.7. The van der Waals surface area contributed by atoms with Crippen molar-refractivity contribution in [1.82, 2.24) is 4.90 Å². The van der Waals surface area contributed by atoms with Gasteiger partial charge in [-0.2, -0.15) is 0 Å². The molecule has 0 bridgehead atoms. The number of methoxy groups -OCH3 is 4. The summed E-state index contributed by atoms with van der Waals surface area (Å²) in [6, 6.07) is 8.97. The van der Waals surface area contributed by atoms with Gasteiger partial charge in [-0.15, -0.1) is 0 Å². The van der Waals surface area contributed by atoms with E-state index in [1.165, 1.54) is 0 Å². The van der Waals surface area contributed by atoms with E-state index < -0.39 is 0 Å². The Labute approximate surface area is 178 Å². The van der Waals surface area contributed by atoms with Gasteiger partial charge in [0.2, 0.25) is 0 Å². The lowest BCUT2D eigenvalue weighted by Crippen LogP contribution is -2.30. The van der Waals surface area contributed by atoms with Crippen molar-refractivity contribution >= 4 is 17.3 Å². The molecule has 0 unspecified atom stereocenters. The van der Waals surface area contributed by atoms with Crippen molar-refractivity contribution in [3.8, 4) is 23.0 Å². The molecule has 7 heteroatoms. The number of amides is 1. The molecule has 2 aromatic rings. The Balaban J connectivity index is 2.62. The first-order valence-corrected chi connectivity index (χ1v) is 9.76. The second kappa shape index (κ2) is 10.5. The van der Waals surface area contributed by atoms with Crippen molar-refractivity contribution in [3.63, 3.8) is 0 Å². The molecule has 0 radical (unpaired) electrons. The maximum Gasteiger partial charge on any atom is 0.256 e. The number of rotatable bonds is 9. The van der Waals surface area contributed by atoms with Gasteiger partial charge in [0.15, 0.2) is 23.0 Å². The molecule has 0 aromatic heterocycles. The molecule has 0 aliphatic rings. The average Bonchev–Trinajstić information content (AvgIpc) is 2.78. The summed E-state index contributed by atoms with van der Waals surface area (Å²) >= 11 is 0. The minimum Gasteiger partial charge on any atom is -0.493 e. The summed E-state index contributed by atoms with van der Waals surface area (Å²) in [7, 11) is 6.27. The van der Waals surface area contributed by atoms with Crippen molar-refractivity contribution in [3.05, 3.63) is 41.5 Å². The lowest BCUT2D eigenvalue weighted by atomic mass is 10.1. The van der Waals surface area contributed by atoms with Gasteiger partial charge in [-0.25, -0.2) is 0 Å². The van der Waals surface area contributed by atoms with Crippen molar-refractivity contribution < 1.29 is 23.7 Å². The maximum atomic E-state index is 13.1. The molecule has 162 valence electrons. The summed E-state index contributed by atoms with van der Waals surface area (Å²) in [5.41, 5.74) is 2.54. The van der Waals surface area contributed by atoms with Crippen LogP contribution in [0.4, 0.5) is 5.69 Å². The highest BCUT2D eigenvalue weighted by Gasteiger charge is 2.21. The van der Waals surface area contributed by atoms with E-state index in [2.05, 4.69) is 0 Å². The van der Waals surface area contributed by atoms with Crippen molar-refractivity contribution in [2.24, 2.45) is 4.99 Å². The summed E-state index contributed by atoms with van der Waals surface area (Å²) < 4.78 is 21.5. The molecule has 0 aliphatic carbocycles. The Hall–Kier alpha value is -3.22. The molecule has 0 saturated carbocycles. The molecule has 30 heavy (non-hydrogen) atoms. The van der Waals surface area contributed by atoms with Crippen LogP contribution in [-0.4, -0.2) is 58.0 Å². The number of aliphatic imine (C=N–C) groups is 1. The second-order valence-electron chi connectivity index (χ2n) is 6.47. The van der Waals surface area contributed by atoms with E-state index >= 15 is 0 Å². The Bertz CT molecular complexity index is 920. The summed E-state index contributed by atoms with van der Waals surface area (Å²) in [6.45, 7) is 6.96. The number of nitrogens with zero attached hydrogens (tertiary/aromatic N) is 2. The number of carbonyl (C=O) groups excluding carboxylic acids is 1. The summed E-state index contributed by atoms with van der Waals surface area (Å²) in [6.07, 6.45) is 0. The van der Waals surface area contributed by atoms with Gasteiger partial charge in [-0.1, -0.05) is 0 Å². The number of carbonyl (C=O) groups is 1. The first-order chi connectivity index (χ1) is 14.4. The highest BCUT2D eigenvalue weighted by Crippen LogP contribution is 2.36.